The Hall–Kier alpha value is -3.36. The summed E-state index contributed by atoms with van der Waals surface area (Å²) >= 11 is 4.87. The Bertz CT molecular complexity index is 1560. The highest BCUT2D eigenvalue weighted by molar-refractivity contribution is 9.10. The first-order valence-corrected chi connectivity index (χ1v) is 11.8. The molecule has 0 saturated carbocycles. The number of fused-ring (bicyclic) bond motifs is 3. The number of thiazole rings is 1. The van der Waals surface area contributed by atoms with Crippen molar-refractivity contribution in [2.75, 3.05) is 20.3 Å². The summed E-state index contributed by atoms with van der Waals surface area (Å²) in [5.74, 6) is 2.00. The SMILES string of the molecule is COc1ccccc1OCCOc1ccc(Br)cc1/C=c1\sc2nc3ccccc3n2c1=O. The maximum atomic E-state index is 13.1. The molecule has 6 nitrogen and oxygen atoms in total. The lowest BCUT2D eigenvalue weighted by Crippen LogP contribution is -2.22. The summed E-state index contributed by atoms with van der Waals surface area (Å²) in [5, 5.41) is 0. The molecule has 5 aromatic rings. The summed E-state index contributed by atoms with van der Waals surface area (Å²) in [4.78, 5) is 18.4. The Morgan fingerprint density at radius 2 is 1.70 bits per heavy atom. The fraction of sp³-hybridized carbons (Fsp3) is 0.120. The topological polar surface area (TPSA) is 62.1 Å². The normalized spacial score (nSPS) is 11.9. The minimum Gasteiger partial charge on any atom is -0.493 e. The van der Waals surface area contributed by atoms with E-state index in [0.717, 1.165) is 21.1 Å². The van der Waals surface area contributed by atoms with Crippen LogP contribution in [0.4, 0.5) is 0 Å². The molecule has 0 atom stereocenters. The number of nitrogens with zero attached hydrogens (tertiary/aromatic N) is 2. The number of methoxy groups -OCH3 is 1. The van der Waals surface area contributed by atoms with Crippen LogP contribution < -0.4 is 24.3 Å². The van der Waals surface area contributed by atoms with Gasteiger partial charge in [-0.2, -0.15) is 0 Å². The van der Waals surface area contributed by atoms with Crippen LogP contribution in [0.1, 0.15) is 5.56 Å². The third-order valence-electron chi connectivity index (χ3n) is 5.07. The second kappa shape index (κ2) is 9.25. The van der Waals surface area contributed by atoms with Crippen LogP contribution in [-0.2, 0) is 0 Å². The van der Waals surface area contributed by atoms with Gasteiger partial charge in [-0.25, -0.2) is 9.38 Å². The minimum absolute atomic E-state index is 0.0888. The number of rotatable bonds is 7. The number of hydrogen-bond donors (Lipinski definition) is 0. The molecule has 166 valence electrons. The van der Waals surface area contributed by atoms with Crippen LogP contribution in [-0.4, -0.2) is 29.7 Å². The molecule has 8 heteroatoms. The van der Waals surface area contributed by atoms with Crippen LogP contribution in [0.3, 0.4) is 0 Å². The van der Waals surface area contributed by atoms with Crippen LogP contribution in [0.5, 0.6) is 17.2 Å². The lowest BCUT2D eigenvalue weighted by Gasteiger charge is -2.12. The molecule has 0 spiro atoms. The molecule has 2 aromatic heterocycles. The van der Waals surface area contributed by atoms with Gasteiger partial charge in [-0.1, -0.05) is 51.5 Å². The van der Waals surface area contributed by atoms with Gasteiger partial charge in [-0.05, 0) is 48.5 Å². The fourth-order valence-electron chi connectivity index (χ4n) is 3.56. The fourth-order valence-corrected chi connectivity index (χ4v) is 4.91. The number of hydrogen-bond acceptors (Lipinski definition) is 6. The van der Waals surface area contributed by atoms with E-state index in [0.29, 0.717) is 40.0 Å². The van der Waals surface area contributed by atoms with Gasteiger partial charge in [-0.15, -0.1) is 0 Å². The summed E-state index contributed by atoms with van der Waals surface area (Å²) in [6.07, 6.45) is 1.84. The van der Waals surface area contributed by atoms with Gasteiger partial charge in [0.15, 0.2) is 16.5 Å². The summed E-state index contributed by atoms with van der Waals surface area (Å²) in [5.41, 5.74) is 2.34. The van der Waals surface area contributed by atoms with Crippen molar-refractivity contribution < 1.29 is 14.2 Å². The zero-order chi connectivity index (χ0) is 22.8. The van der Waals surface area contributed by atoms with Crippen LogP contribution in [0, 0.1) is 0 Å². The van der Waals surface area contributed by atoms with E-state index in [-0.39, 0.29) is 5.56 Å². The number of aromatic nitrogens is 2. The largest absolute Gasteiger partial charge is 0.493 e. The highest BCUT2D eigenvalue weighted by Gasteiger charge is 2.12. The molecule has 0 N–H and O–H groups in total. The standard InChI is InChI=1S/C25H19BrN2O4S/c1-30-21-8-4-5-9-22(21)32-13-12-31-20-11-10-17(26)14-16(20)15-23-24(29)28-19-7-3-2-6-18(19)27-25(28)33-23/h2-11,14-15H,12-13H2,1H3/b23-15-. The Labute approximate surface area is 201 Å². The Morgan fingerprint density at radius 3 is 2.52 bits per heavy atom. The van der Waals surface area contributed by atoms with E-state index in [1.165, 1.54) is 11.3 Å². The average Bonchev–Trinajstić information content (AvgIpc) is 3.34. The number of halogens is 1. The Kier molecular flexibility index (Phi) is 6.02. The van der Waals surface area contributed by atoms with Gasteiger partial charge in [0.25, 0.3) is 5.56 Å². The van der Waals surface area contributed by atoms with Gasteiger partial charge >= 0.3 is 0 Å². The quantitative estimate of drug-likeness (QED) is 0.290. The summed E-state index contributed by atoms with van der Waals surface area (Å²) < 4.78 is 20.2. The van der Waals surface area contributed by atoms with E-state index in [1.807, 2.05) is 72.8 Å². The molecule has 0 aliphatic rings. The monoisotopic (exact) mass is 522 g/mol. The molecule has 0 bridgehead atoms. The van der Waals surface area contributed by atoms with Crippen LogP contribution in [0.15, 0.2) is 76.0 Å². The summed E-state index contributed by atoms with van der Waals surface area (Å²) in [6.45, 7) is 0.685. The van der Waals surface area contributed by atoms with Crippen LogP contribution in [0.2, 0.25) is 0 Å². The molecule has 0 unspecified atom stereocenters. The zero-order valence-corrected chi connectivity index (χ0v) is 20.1. The minimum atomic E-state index is -0.0888. The maximum absolute atomic E-state index is 13.1. The molecular formula is C25H19BrN2O4S. The van der Waals surface area contributed by atoms with Crippen molar-refractivity contribution in [3.63, 3.8) is 0 Å². The molecule has 0 aliphatic carbocycles. The molecule has 0 fully saturated rings. The number of para-hydroxylation sites is 4. The molecule has 33 heavy (non-hydrogen) atoms. The van der Waals surface area contributed by atoms with Crippen LogP contribution in [0.25, 0.3) is 22.1 Å². The number of benzene rings is 3. The van der Waals surface area contributed by atoms with Crippen LogP contribution >= 0.6 is 27.3 Å². The predicted molar refractivity (Wildman–Crippen MR) is 134 cm³/mol. The molecular weight excluding hydrogens is 504 g/mol. The highest BCUT2D eigenvalue weighted by Crippen LogP contribution is 2.27. The lowest BCUT2D eigenvalue weighted by molar-refractivity contribution is 0.211. The Balaban J connectivity index is 1.40. The van der Waals surface area contributed by atoms with Gasteiger partial charge in [0, 0.05) is 10.0 Å². The summed E-state index contributed by atoms with van der Waals surface area (Å²) in [7, 11) is 1.61. The zero-order valence-electron chi connectivity index (χ0n) is 17.7. The molecule has 0 radical (unpaired) electrons. The third-order valence-corrected chi connectivity index (χ3v) is 6.53. The first kappa shape index (κ1) is 21.5. The second-order valence-electron chi connectivity index (χ2n) is 7.16. The van der Waals surface area contributed by atoms with E-state index in [9.17, 15) is 4.79 Å². The molecule has 0 amide bonds. The molecule has 3 aromatic carbocycles. The van der Waals surface area contributed by atoms with E-state index >= 15 is 0 Å². The van der Waals surface area contributed by atoms with Crippen molar-refractivity contribution >= 4 is 49.3 Å². The van der Waals surface area contributed by atoms with E-state index in [2.05, 4.69) is 20.9 Å². The van der Waals surface area contributed by atoms with Gasteiger partial charge < -0.3 is 14.2 Å². The van der Waals surface area contributed by atoms with Gasteiger partial charge in [-0.3, -0.25) is 4.79 Å². The van der Waals surface area contributed by atoms with Gasteiger partial charge in [0.1, 0.15) is 19.0 Å². The van der Waals surface area contributed by atoms with Crippen molar-refractivity contribution in [1.29, 1.82) is 0 Å². The van der Waals surface area contributed by atoms with Crippen molar-refractivity contribution in [3.05, 3.63) is 91.7 Å². The second-order valence-corrected chi connectivity index (χ2v) is 9.09. The highest BCUT2D eigenvalue weighted by atomic mass is 79.9. The molecule has 0 aliphatic heterocycles. The molecule has 2 heterocycles. The van der Waals surface area contributed by atoms with Gasteiger partial charge in [0.05, 0.1) is 22.7 Å². The molecule has 0 saturated heterocycles. The van der Waals surface area contributed by atoms with E-state index in [4.69, 9.17) is 14.2 Å². The van der Waals surface area contributed by atoms with Crippen molar-refractivity contribution in [2.45, 2.75) is 0 Å². The molecule has 5 rings (SSSR count). The van der Waals surface area contributed by atoms with Gasteiger partial charge in [0.2, 0.25) is 0 Å². The first-order valence-electron chi connectivity index (χ1n) is 10.2. The predicted octanol–water partition coefficient (Wildman–Crippen LogP) is 4.69. The van der Waals surface area contributed by atoms with E-state index in [1.54, 1.807) is 11.5 Å². The van der Waals surface area contributed by atoms with E-state index < -0.39 is 0 Å². The van der Waals surface area contributed by atoms with Crippen molar-refractivity contribution in [2.24, 2.45) is 0 Å². The maximum Gasteiger partial charge on any atom is 0.274 e. The third kappa shape index (κ3) is 4.31. The smallest absolute Gasteiger partial charge is 0.274 e. The number of imidazole rings is 1. The van der Waals surface area contributed by atoms with Crippen molar-refractivity contribution in [1.82, 2.24) is 9.38 Å². The number of ether oxygens (including phenoxy) is 3. The lowest BCUT2D eigenvalue weighted by atomic mass is 10.2. The first-order chi connectivity index (χ1) is 16.1. The van der Waals surface area contributed by atoms with Crippen molar-refractivity contribution in [3.8, 4) is 17.2 Å². The summed E-state index contributed by atoms with van der Waals surface area (Å²) in [6, 6.07) is 20.8. The Morgan fingerprint density at radius 1 is 0.970 bits per heavy atom. The average molecular weight is 523 g/mol.